The maximum Gasteiger partial charge on any atom is 0.460 e. The van der Waals surface area contributed by atoms with Crippen LogP contribution < -0.4 is 0 Å². The smallest absolute Gasteiger partial charge is 0.458 e. The van der Waals surface area contributed by atoms with Gasteiger partial charge in [0.2, 0.25) is 0 Å². The van der Waals surface area contributed by atoms with Gasteiger partial charge in [-0.3, -0.25) is 0 Å². The Hall–Kier alpha value is -1.28. The summed E-state index contributed by atoms with van der Waals surface area (Å²) in [6.07, 6.45) is 0.620. The van der Waals surface area contributed by atoms with E-state index in [1.165, 1.54) is 6.42 Å². The lowest BCUT2D eigenvalue weighted by Gasteiger charge is -2.57. The molecule has 0 aliphatic heterocycles. The lowest BCUT2D eigenvalue weighted by atomic mass is 9.48. The van der Waals surface area contributed by atoms with Crippen molar-refractivity contribution in [3.63, 3.8) is 0 Å². The second-order valence-electron chi connectivity index (χ2n) is 11.4. The molecular formula is C25H33F7O2. The van der Waals surface area contributed by atoms with Crippen LogP contribution in [0.15, 0.2) is 11.1 Å². The summed E-state index contributed by atoms with van der Waals surface area (Å²) in [7, 11) is 0. The lowest BCUT2D eigenvalue weighted by Crippen LogP contribution is -2.57. The molecule has 2 nitrogen and oxygen atoms in total. The van der Waals surface area contributed by atoms with E-state index in [1.807, 2.05) is 0 Å². The molecule has 6 atom stereocenters. The van der Waals surface area contributed by atoms with Gasteiger partial charge in [-0.2, -0.15) is 30.7 Å². The highest BCUT2D eigenvalue weighted by atomic mass is 19.4. The number of alkyl halides is 7. The van der Waals surface area contributed by atoms with Gasteiger partial charge in [-0.05, 0) is 92.8 Å². The monoisotopic (exact) mass is 498 g/mol. The molecule has 194 valence electrons. The van der Waals surface area contributed by atoms with Gasteiger partial charge in [-0.15, -0.1) is 0 Å². The number of carbonyl (C=O) groups excluding carboxylic acids is 1. The Bertz CT molecular complexity index is 864. The number of carbonyl (C=O) groups is 1. The van der Waals surface area contributed by atoms with Crippen LogP contribution in [0.1, 0.15) is 85.0 Å². The zero-order chi connectivity index (χ0) is 25.3. The van der Waals surface area contributed by atoms with Crippen LogP contribution in [0.25, 0.3) is 0 Å². The summed E-state index contributed by atoms with van der Waals surface area (Å²) in [6, 6.07) is 0. The summed E-state index contributed by atoms with van der Waals surface area (Å²) >= 11 is 0. The number of halogens is 7. The van der Waals surface area contributed by atoms with Crippen molar-refractivity contribution in [1.29, 1.82) is 0 Å². The predicted octanol–water partition coefficient (Wildman–Crippen LogP) is 7.86. The van der Waals surface area contributed by atoms with Crippen LogP contribution in [0.5, 0.6) is 0 Å². The second kappa shape index (κ2) is 8.12. The number of hydrogen-bond acceptors (Lipinski definition) is 2. The number of esters is 1. The molecule has 2 saturated carbocycles. The van der Waals surface area contributed by atoms with E-state index in [1.54, 1.807) is 11.1 Å². The molecule has 34 heavy (non-hydrogen) atoms. The molecule has 4 aliphatic carbocycles. The van der Waals surface area contributed by atoms with Gasteiger partial charge < -0.3 is 4.74 Å². The van der Waals surface area contributed by atoms with Crippen LogP contribution in [0.3, 0.4) is 0 Å². The van der Waals surface area contributed by atoms with Crippen molar-refractivity contribution >= 4 is 5.97 Å². The van der Waals surface area contributed by atoms with E-state index >= 15 is 0 Å². The fraction of sp³-hybridized carbons (Fsp3) is 0.880. The first-order valence-electron chi connectivity index (χ1n) is 12.3. The van der Waals surface area contributed by atoms with Crippen molar-refractivity contribution in [2.75, 3.05) is 0 Å². The van der Waals surface area contributed by atoms with Crippen molar-refractivity contribution in [2.24, 2.45) is 28.6 Å². The fourth-order valence-electron chi connectivity index (χ4n) is 7.61. The quantitative estimate of drug-likeness (QED) is 0.224. The molecule has 0 saturated heterocycles. The summed E-state index contributed by atoms with van der Waals surface area (Å²) < 4.78 is 95.8. The predicted molar refractivity (Wildman–Crippen MR) is 111 cm³/mol. The van der Waals surface area contributed by atoms with E-state index in [-0.39, 0.29) is 29.6 Å². The molecular weight excluding hydrogens is 465 g/mol. The highest BCUT2D eigenvalue weighted by Gasteiger charge is 2.77. The topological polar surface area (TPSA) is 26.3 Å². The van der Waals surface area contributed by atoms with Crippen molar-refractivity contribution in [2.45, 2.75) is 109 Å². The Morgan fingerprint density at radius 1 is 0.971 bits per heavy atom. The summed E-state index contributed by atoms with van der Waals surface area (Å²) in [6.45, 7) is 6.77. The Morgan fingerprint density at radius 3 is 2.26 bits per heavy atom. The van der Waals surface area contributed by atoms with E-state index in [4.69, 9.17) is 0 Å². The third-order valence-electron chi connectivity index (χ3n) is 9.92. The van der Waals surface area contributed by atoms with Crippen molar-refractivity contribution in [3.05, 3.63) is 11.1 Å². The summed E-state index contributed by atoms with van der Waals surface area (Å²) in [5.41, 5.74) is 3.40. The zero-order valence-electron chi connectivity index (χ0n) is 19.8. The number of ether oxygens (including phenoxy) is 1. The first-order chi connectivity index (χ1) is 15.6. The molecule has 0 bridgehead atoms. The SMILES string of the molecule is CC[C@]1(C)CCC2=C1CC[C@H]1[C@H]2CC[C@H]2C[C@@H](OC(=O)C(F)(F)C(F)(F)C(F)(F)F)CC[C@@]21C. The molecule has 0 aromatic carbocycles. The van der Waals surface area contributed by atoms with Crippen LogP contribution in [0.4, 0.5) is 30.7 Å². The summed E-state index contributed by atoms with van der Waals surface area (Å²) in [4.78, 5) is 11.8. The molecule has 9 heteroatoms. The van der Waals surface area contributed by atoms with Crippen molar-refractivity contribution < 1.29 is 40.3 Å². The molecule has 0 N–H and O–H groups in total. The van der Waals surface area contributed by atoms with Crippen LogP contribution in [-0.4, -0.2) is 30.1 Å². The van der Waals surface area contributed by atoms with E-state index < -0.39 is 30.1 Å². The Labute approximate surface area is 195 Å². The molecule has 0 heterocycles. The third-order valence-corrected chi connectivity index (χ3v) is 9.92. The van der Waals surface area contributed by atoms with Gasteiger partial charge in [0.25, 0.3) is 0 Å². The summed E-state index contributed by atoms with van der Waals surface area (Å²) in [5, 5.41) is 0. The van der Waals surface area contributed by atoms with E-state index in [0.717, 1.165) is 38.5 Å². The van der Waals surface area contributed by atoms with Gasteiger partial charge in [0.1, 0.15) is 6.10 Å². The Balaban J connectivity index is 1.46. The van der Waals surface area contributed by atoms with Gasteiger partial charge in [0.05, 0.1) is 0 Å². The van der Waals surface area contributed by atoms with Gasteiger partial charge in [-0.1, -0.05) is 31.9 Å². The van der Waals surface area contributed by atoms with E-state index in [2.05, 4.69) is 25.5 Å². The normalized spacial score (nSPS) is 38.8. The standard InChI is InChI=1S/C25H33F7O2/c1-4-21(2)11-10-17-16-6-5-14-13-15(9-12-22(14,3)19(16)8-7-18(17)21)34-20(33)23(26,27)24(28,29)25(30,31)32/h14-16,19H,4-13H2,1-3H3/t14-,15-,16-,19-,21+,22-/m0/s1. The van der Waals surface area contributed by atoms with Gasteiger partial charge in [-0.25, -0.2) is 4.79 Å². The van der Waals surface area contributed by atoms with Crippen molar-refractivity contribution in [3.8, 4) is 0 Å². The Kier molecular flexibility index (Phi) is 6.16. The first-order valence-corrected chi connectivity index (χ1v) is 12.3. The molecule has 0 radical (unpaired) electrons. The van der Waals surface area contributed by atoms with Crippen molar-refractivity contribution in [1.82, 2.24) is 0 Å². The molecule has 0 amide bonds. The molecule has 2 fully saturated rings. The number of rotatable bonds is 4. The molecule has 0 aromatic heterocycles. The minimum Gasteiger partial charge on any atom is -0.458 e. The lowest BCUT2D eigenvalue weighted by molar-refractivity contribution is -0.349. The molecule has 4 rings (SSSR count). The first kappa shape index (κ1) is 25.8. The van der Waals surface area contributed by atoms with Crippen LogP contribution in [-0.2, 0) is 9.53 Å². The fourth-order valence-corrected chi connectivity index (χ4v) is 7.61. The maximum atomic E-state index is 13.7. The largest absolute Gasteiger partial charge is 0.460 e. The number of fused-ring (bicyclic) bond motifs is 4. The van der Waals surface area contributed by atoms with Crippen LogP contribution in [0.2, 0.25) is 0 Å². The van der Waals surface area contributed by atoms with Gasteiger partial charge in [0, 0.05) is 0 Å². The second-order valence-corrected chi connectivity index (χ2v) is 11.4. The number of allylic oxidation sites excluding steroid dienone is 2. The van der Waals surface area contributed by atoms with Gasteiger partial charge in [0.15, 0.2) is 0 Å². The average molecular weight is 499 g/mol. The van der Waals surface area contributed by atoms with E-state index in [9.17, 15) is 35.5 Å². The highest BCUT2D eigenvalue weighted by Crippen LogP contribution is 2.64. The molecule has 4 aliphatic rings. The minimum absolute atomic E-state index is 0.0539. The highest BCUT2D eigenvalue weighted by molar-refractivity contribution is 5.79. The van der Waals surface area contributed by atoms with Crippen LogP contribution >= 0.6 is 0 Å². The minimum atomic E-state index is -6.55. The molecule has 0 unspecified atom stereocenters. The van der Waals surface area contributed by atoms with Crippen LogP contribution in [0, 0.1) is 28.6 Å². The summed E-state index contributed by atoms with van der Waals surface area (Å²) in [5.74, 6) is -14.3. The maximum absolute atomic E-state index is 13.7. The zero-order valence-corrected chi connectivity index (χ0v) is 19.8. The van der Waals surface area contributed by atoms with E-state index in [0.29, 0.717) is 18.3 Å². The van der Waals surface area contributed by atoms with Gasteiger partial charge >= 0.3 is 24.0 Å². The Morgan fingerprint density at radius 2 is 1.65 bits per heavy atom. The molecule has 0 spiro atoms. The number of hydrogen-bond donors (Lipinski definition) is 0. The third kappa shape index (κ3) is 3.69. The average Bonchev–Trinajstić information content (AvgIpc) is 3.10. The molecule has 0 aromatic rings.